The van der Waals surface area contributed by atoms with E-state index in [2.05, 4.69) is 0 Å². The molecular weight excluding hydrogens is 394 g/mol. The summed E-state index contributed by atoms with van der Waals surface area (Å²) in [5.74, 6) is -4.50. The van der Waals surface area contributed by atoms with Crippen molar-refractivity contribution >= 4 is 35.2 Å². The van der Waals surface area contributed by atoms with Gasteiger partial charge in [0.25, 0.3) is 6.29 Å². The van der Waals surface area contributed by atoms with Gasteiger partial charge in [0.1, 0.15) is 0 Å². The van der Waals surface area contributed by atoms with Gasteiger partial charge in [-0.3, -0.25) is 24.0 Å². The molecule has 4 rings (SSSR count). The van der Waals surface area contributed by atoms with Crippen LogP contribution in [0.25, 0.3) is 0 Å². The molecule has 30 heavy (non-hydrogen) atoms. The molecule has 2 fully saturated rings. The van der Waals surface area contributed by atoms with Gasteiger partial charge >= 0.3 is 11.9 Å². The lowest BCUT2D eigenvalue weighted by atomic mass is 9.76. The molecule has 3 heterocycles. The van der Waals surface area contributed by atoms with Crippen molar-refractivity contribution in [3.05, 3.63) is 42.0 Å². The van der Waals surface area contributed by atoms with Gasteiger partial charge in [0, 0.05) is 19.4 Å². The highest BCUT2D eigenvalue weighted by atomic mass is 16.7. The SMILES string of the molecule is CC(=O)OC(OC(C)=O)C12C=CC(O1)C1C(=O)N(c3ccc(C(C)=O)cc3)C(=O)C12. The van der Waals surface area contributed by atoms with Crippen molar-refractivity contribution in [2.24, 2.45) is 11.8 Å². The van der Waals surface area contributed by atoms with E-state index in [1.165, 1.54) is 37.3 Å². The van der Waals surface area contributed by atoms with Crippen LogP contribution >= 0.6 is 0 Å². The fraction of sp³-hybridized carbons (Fsp3) is 0.381. The summed E-state index contributed by atoms with van der Waals surface area (Å²) in [6, 6.07) is 6.11. The number of ketones is 1. The fourth-order valence-electron chi connectivity index (χ4n) is 4.32. The smallest absolute Gasteiger partial charge is 0.305 e. The number of carbonyl (C=O) groups is 5. The van der Waals surface area contributed by atoms with Crippen LogP contribution in [0.4, 0.5) is 5.69 Å². The van der Waals surface area contributed by atoms with Crippen molar-refractivity contribution in [1.82, 2.24) is 0 Å². The van der Waals surface area contributed by atoms with E-state index in [1.807, 2.05) is 0 Å². The van der Waals surface area contributed by atoms with E-state index in [9.17, 15) is 24.0 Å². The van der Waals surface area contributed by atoms with Gasteiger partial charge in [-0.1, -0.05) is 6.08 Å². The summed E-state index contributed by atoms with van der Waals surface area (Å²) >= 11 is 0. The number of ether oxygens (including phenoxy) is 3. The van der Waals surface area contributed by atoms with Crippen molar-refractivity contribution in [3.8, 4) is 0 Å². The van der Waals surface area contributed by atoms with E-state index in [-0.39, 0.29) is 5.78 Å². The third-order valence-corrected chi connectivity index (χ3v) is 5.52. The van der Waals surface area contributed by atoms with E-state index >= 15 is 0 Å². The molecule has 4 unspecified atom stereocenters. The van der Waals surface area contributed by atoms with Gasteiger partial charge in [-0.15, -0.1) is 0 Å². The number of Topliss-reactive ketones (excluding diaryl/α,β-unsaturated/α-hetero) is 1. The Morgan fingerprint density at radius 2 is 1.60 bits per heavy atom. The molecule has 0 saturated carbocycles. The topological polar surface area (TPSA) is 116 Å². The molecule has 0 spiro atoms. The maximum atomic E-state index is 13.3. The third-order valence-electron chi connectivity index (χ3n) is 5.52. The molecule has 2 amide bonds. The Hall–Kier alpha value is -3.33. The van der Waals surface area contributed by atoms with Gasteiger partial charge in [-0.25, -0.2) is 4.90 Å². The Bertz CT molecular complexity index is 981. The van der Waals surface area contributed by atoms with Gasteiger partial charge in [-0.05, 0) is 37.3 Å². The number of amides is 2. The molecular formula is C21H19NO8. The van der Waals surface area contributed by atoms with Crippen LogP contribution < -0.4 is 4.90 Å². The highest BCUT2D eigenvalue weighted by Gasteiger charge is 2.72. The lowest BCUT2D eigenvalue weighted by Gasteiger charge is -2.34. The average molecular weight is 413 g/mol. The third kappa shape index (κ3) is 2.85. The Morgan fingerprint density at radius 3 is 2.13 bits per heavy atom. The molecule has 1 aromatic rings. The van der Waals surface area contributed by atoms with Crippen molar-refractivity contribution in [3.63, 3.8) is 0 Å². The molecule has 3 aliphatic rings. The molecule has 1 aromatic carbocycles. The summed E-state index contributed by atoms with van der Waals surface area (Å²) < 4.78 is 16.2. The molecule has 156 valence electrons. The predicted octanol–water partition coefficient (Wildman–Crippen LogP) is 1.15. The minimum atomic E-state index is -1.59. The Labute approximate surface area is 171 Å². The number of nitrogens with zero attached hydrogens (tertiary/aromatic N) is 1. The minimum Gasteiger partial charge on any atom is -0.422 e. The van der Waals surface area contributed by atoms with E-state index in [1.54, 1.807) is 6.08 Å². The lowest BCUT2D eigenvalue weighted by molar-refractivity contribution is -0.226. The van der Waals surface area contributed by atoms with Crippen LogP contribution in [-0.2, 0) is 33.4 Å². The highest BCUT2D eigenvalue weighted by Crippen LogP contribution is 2.54. The molecule has 0 N–H and O–H groups in total. The Balaban J connectivity index is 1.71. The maximum Gasteiger partial charge on any atom is 0.305 e. The summed E-state index contributed by atoms with van der Waals surface area (Å²) in [6.45, 7) is 3.70. The Kier molecular flexibility index (Phi) is 4.58. The molecule has 0 aliphatic carbocycles. The molecule has 9 heteroatoms. The zero-order valence-corrected chi connectivity index (χ0v) is 16.5. The molecule has 0 radical (unpaired) electrons. The van der Waals surface area contributed by atoms with Crippen molar-refractivity contribution in [1.29, 1.82) is 0 Å². The van der Waals surface area contributed by atoms with Crippen LogP contribution in [-0.4, -0.2) is 47.5 Å². The predicted molar refractivity (Wildman–Crippen MR) is 100.0 cm³/mol. The molecule has 2 bridgehead atoms. The number of carbonyl (C=O) groups excluding carboxylic acids is 5. The van der Waals surface area contributed by atoms with Crippen LogP contribution in [0.15, 0.2) is 36.4 Å². The molecule has 4 atom stereocenters. The first-order valence-electron chi connectivity index (χ1n) is 9.36. The number of hydrogen-bond donors (Lipinski definition) is 0. The second-order valence-electron chi connectivity index (χ2n) is 7.46. The van der Waals surface area contributed by atoms with Crippen LogP contribution in [0.5, 0.6) is 0 Å². The van der Waals surface area contributed by atoms with Crippen LogP contribution in [0.3, 0.4) is 0 Å². The second kappa shape index (κ2) is 6.88. The fourth-order valence-corrected chi connectivity index (χ4v) is 4.32. The second-order valence-corrected chi connectivity index (χ2v) is 7.46. The summed E-state index contributed by atoms with van der Waals surface area (Å²) in [7, 11) is 0. The first kappa shape index (κ1) is 20.0. The van der Waals surface area contributed by atoms with Gasteiger partial charge in [-0.2, -0.15) is 0 Å². The molecule has 3 aliphatic heterocycles. The number of fused-ring (bicyclic) bond motifs is 5. The minimum absolute atomic E-state index is 0.141. The number of benzene rings is 1. The molecule has 2 saturated heterocycles. The number of imide groups is 1. The largest absolute Gasteiger partial charge is 0.422 e. The van der Waals surface area contributed by atoms with E-state index in [0.717, 1.165) is 18.7 Å². The first-order valence-corrected chi connectivity index (χ1v) is 9.36. The Morgan fingerprint density at radius 1 is 1.00 bits per heavy atom. The highest BCUT2D eigenvalue weighted by molar-refractivity contribution is 6.23. The van der Waals surface area contributed by atoms with Gasteiger partial charge in [0.15, 0.2) is 11.4 Å². The number of anilines is 1. The first-order chi connectivity index (χ1) is 14.2. The van der Waals surface area contributed by atoms with Crippen LogP contribution in [0, 0.1) is 11.8 Å². The summed E-state index contributed by atoms with van der Waals surface area (Å²) in [6.07, 6.45) is 0.888. The quantitative estimate of drug-likeness (QED) is 0.232. The number of hydrogen-bond acceptors (Lipinski definition) is 8. The van der Waals surface area contributed by atoms with Crippen molar-refractivity contribution in [2.75, 3.05) is 4.90 Å². The summed E-state index contributed by atoms with van der Waals surface area (Å²) in [5.41, 5.74) is -0.826. The van der Waals surface area contributed by atoms with E-state index in [4.69, 9.17) is 14.2 Å². The monoisotopic (exact) mass is 413 g/mol. The van der Waals surface area contributed by atoms with Crippen molar-refractivity contribution in [2.45, 2.75) is 38.8 Å². The number of rotatable bonds is 5. The lowest BCUT2D eigenvalue weighted by Crippen LogP contribution is -2.52. The van der Waals surface area contributed by atoms with Crippen LogP contribution in [0.2, 0.25) is 0 Å². The van der Waals surface area contributed by atoms with Gasteiger partial charge < -0.3 is 14.2 Å². The maximum absolute atomic E-state index is 13.3. The standard InChI is InChI=1S/C21H19NO8/c1-10(23)13-4-6-14(7-5-13)22-18(26)16-15-8-9-21(30-15,17(16)19(22)27)20(28-11(2)24)29-12(3)25/h4-9,15-17,20H,1-3H3. The van der Waals surface area contributed by atoms with Crippen molar-refractivity contribution < 1.29 is 38.2 Å². The summed E-state index contributed by atoms with van der Waals surface area (Å²) in [4.78, 5) is 62.2. The molecule has 9 nitrogen and oxygen atoms in total. The number of esters is 2. The summed E-state index contributed by atoms with van der Waals surface area (Å²) in [5, 5.41) is 0. The van der Waals surface area contributed by atoms with Gasteiger partial charge in [0.05, 0.1) is 23.6 Å². The van der Waals surface area contributed by atoms with Gasteiger partial charge in [0.2, 0.25) is 11.8 Å². The zero-order valence-electron chi connectivity index (χ0n) is 16.5. The average Bonchev–Trinajstić information content (AvgIpc) is 3.32. The molecule has 0 aromatic heterocycles. The van der Waals surface area contributed by atoms with E-state index in [0.29, 0.717) is 11.3 Å². The van der Waals surface area contributed by atoms with Crippen LogP contribution in [0.1, 0.15) is 31.1 Å². The zero-order chi connectivity index (χ0) is 21.8. The normalized spacial score (nSPS) is 28.8. The van der Waals surface area contributed by atoms with E-state index < -0.39 is 53.6 Å².